The second-order valence-electron chi connectivity index (χ2n) is 7.73. The lowest BCUT2D eigenvalue weighted by molar-refractivity contribution is -0.123. The van der Waals surface area contributed by atoms with Gasteiger partial charge in [-0.2, -0.15) is 5.26 Å². The van der Waals surface area contributed by atoms with Crippen LogP contribution < -0.4 is 24.4 Å². The molecule has 1 fully saturated rings. The van der Waals surface area contributed by atoms with Crippen LogP contribution in [0.4, 0.5) is 5.69 Å². The number of anilines is 1. The number of carbonyl (C=O) groups is 1. The molecule has 8 nitrogen and oxygen atoms in total. The third-order valence-electron chi connectivity index (χ3n) is 5.51. The molecule has 2 aromatic carbocycles. The van der Waals surface area contributed by atoms with Crippen molar-refractivity contribution < 1.29 is 19.0 Å². The monoisotopic (exact) mass is 452 g/mol. The maximum atomic E-state index is 12.1. The Hall–Kier alpha value is -3.44. The Morgan fingerprint density at radius 3 is 2.48 bits per heavy atom. The average molecular weight is 453 g/mol. The van der Waals surface area contributed by atoms with Crippen molar-refractivity contribution in [1.82, 2.24) is 10.2 Å². The predicted molar refractivity (Wildman–Crippen MR) is 127 cm³/mol. The second kappa shape index (κ2) is 12.6. The Bertz CT molecular complexity index is 934. The minimum atomic E-state index is -0.175. The van der Waals surface area contributed by atoms with E-state index in [9.17, 15) is 4.79 Å². The molecule has 0 aromatic heterocycles. The van der Waals surface area contributed by atoms with Crippen LogP contribution in [0.1, 0.15) is 18.9 Å². The molecule has 1 saturated heterocycles. The van der Waals surface area contributed by atoms with Crippen molar-refractivity contribution in [3.63, 3.8) is 0 Å². The molecule has 1 amide bonds. The Labute approximate surface area is 195 Å². The summed E-state index contributed by atoms with van der Waals surface area (Å²) in [5.41, 5.74) is 1.71. The average Bonchev–Trinajstić information content (AvgIpc) is 2.86. The molecule has 0 atom stereocenters. The highest BCUT2D eigenvalue weighted by molar-refractivity contribution is 5.77. The van der Waals surface area contributed by atoms with Crippen LogP contribution >= 0.6 is 0 Å². The topological polar surface area (TPSA) is 87.1 Å². The molecule has 1 aliphatic heterocycles. The maximum absolute atomic E-state index is 12.1. The zero-order valence-corrected chi connectivity index (χ0v) is 19.4. The Kier molecular flexibility index (Phi) is 9.21. The molecule has 1 heterocycles. The van der Waals surface area contributed by atoms with E-state index in [1.165, 1.54) is 5.69 Å². The third-order valence-corrected chi connectivity index (χ3v) is 5.51. The first-order valence-corrected chi connectivity index (χ1v) is 11.3. The van der Waals surface area contributed by atoms with E-state index >= 15 is 0 Å². The van der Waals surface area contributed by atoms with E-state index in [1.54, 1.807) is 25.3 Å². The van der Waals surface area contributed by atoms with Crippen LogP contribution in [-0.4, -0.2) is 70.4 Å². The summed E-state index contributed by atoms with van der Waals surface area (Å²) in [6.07, 6.45) is 0.884. The second-order valence-corrected chi connectivity index (χ2v) is 7.73. The molecule has 33 heavy (non-hydrogen) atoms. The minimum absolute atomic E-state index is 0.0908. The summed E-state index contributed by atoms with van der Waals surface area (Å²) in [4.78, 5) is 17.0. The van der Waals surface area contributed by atoms with Crippen molar-refractivity contribution in [2.24, 2.45) is 0 Å². The van der Waals surface area contributed by atoms with Gasteiger partial charge in [0.1, 0.15) is 5.75 Å². The number of piperazine rings is 1. The van der Waals surface area contributed by atoms with Gasteiger partial charge in [0.25, 0.3) is 5.91 Å². The maximum Gasteiger partial charge on any atom is 0.257 e. The summed E-state index contributed by atoms with van der Waals surface area (Å²) in [6, 6.07) is 15.2. The van der Waals surface area contributed by atoms with Crippen LogP contribution in [0.15, 0.2) is 42.5 Å². The van der Waals surface area contributed by atoms with Gasteiger partial charge in [-0.25, -0.2) is 0 Å². The summed E-state index contributed by atoms with van der Waals surface area (Å²) in [5.74, 6) is 1.63. The van der Waals surface area contributed by atoms with E-state index in [-0.39, 0.29) is 12.5 Å². The number of rotatable bonds is 11. The van der Waals surface area contributed by atoms with Gasteiger partial charge in [0.2, 0.25) is 0 Å². The number of carbonyl (C=O) groups excluding carboxylic acids is 1. The standard InChI is InChI=1S/C25H32N4O4/c1-3-32-24-17-20(18-26)5-10-23(24)33-19-25(30)27-11-4-12-28-13-15-29(16-14-28)21-6-8-22(31-2)9-7-21/h5-10,17H,3-4,11-16,19H2,1-2H3,(H,27,30). The third kappa shape index (κ3) is 7.29. The van der Waals surface area contributed by atoms with Crippen LogP contribution in [-0.2, 0) is 4.79 Å². The Balaban J connectivity index is 1.32. The van der Waals surface area contributed by atoms with Gasteiger partial charge in [-0.15, -0.1) is 0 Å². The molecule has 0 aliphatic carbocycles. The molecular weight excluding hydrogens is 420 g/mol. The molecule has 0 bridgehead atoms. The van der Waals surface area contributed by atoms with Crippen molar-refractivity contribution in [3.8, 4) is 23.3 Å². The van der Waals surface area contributed by atoms with E-state index in [1.807, 2.05) is 19.1 Å². The summed E-state index contributed by atoms with van der Waals surface area (Å²) in [7, 11) is 1.68. The number of nitriles is 1. The van der Waals surface area contributed by atoms with Crippen molar-refractivity contribution >= 4 is 11.6 Å². The van der Waals surface area contributed by atoms with Gasteiger partial charge in [-0.3, -0.25) is 9.69 Å². The van der Waals surface area contributed by atoms with E-state index in [4.69, 9.17) is 19.5 Å². The van der Waals surface area contributed by atoms with Crippen molar-refractivity contribution in [2.75, 3.05) is 64.5 Å². The Morgan fingerprint density at radius 2 is 1.82 bits per heavy atom. The highest BCUT2D eigenvalue weighted by Crippen LogP contribution is 2.28. The van der Waals surface area contributed by atoms with E-state index in [0.717, 1.165) is 44.9 Å². The summed E-state index contributed by atoms with van der Waals surface area (Å²) < 4.78 is 16.3. The lowest BCUT2D eigenvalue weighted by Gasteiger charge is -2.36. The van der Waals surface area contributed by atoms with Gasteiger partial charge in [0, 0.05) is 44.5 Å². The van der Waals surface area contributed by atoms with Gasteiger partial charge in [-0.05, 0) is 56.3 Å². The van der Waals surface area contributed by atoms with E-state index in [2.05, 4.69) is 33.3 Å². The molecule has 176 valence electrons. The van der Waals surface area contributed by atoms with Gasteiger partial charge in [0.05, 0.1) is 25.3 Å². The molecule has 3 rings (SSSR count). The minimum Gasteiger partial charge on any atom is -0.497 e. The SMILES string of the molecule is CCOc1cc(C#N)ccc1OCC(=O)NCCCN1CCN(c2ccc(OC)cc2)CC1. The molecule has 8 heteroatoms. The number of hydrogen-bond acceptors (Lipinski definition) is 7. The molecule has 0 spiro atoms. The van der Waals surface area contributed by atoms with E-state index in [0.29, 0.717) is 30.2 Å². The largest absolute Gasteiger partial charge is 0.497 e. The number of benzene rings is 2. The Morgan fingerprint density at radius 1 is 1.06 bits per heavy atom. The van der Waals surface area contributed by atoms with Gasteiger partial charge in [0.15, 0.2) is 18.1 Å². The highest BCUT2D eigenvalue weighted by atomic mass is 16.5. The molecular formula is C25H32N4O4. The number of methoxy groups -OCH3 is 1. The van der Waals surface area contributed by atoms with Crippen molar-refractivity contribution in [3.05, 3.63) is 48.0 Å². The van der Waals surface area contributed by atoms with E-state index < -0.39 is 0 Å². The molecule has 1 aliphatic rings. The van der Waals surface area contributed by atoms with Crippen LogP contribution in [0.25, 0.3) is 0 Å². The first-order chi connectivity index (χ1) is 16.1. The number of ether oxygens (including phenoxy) is 3. The van der Waals surface area contributed by atoms with Crippen LogP contribution in [0.3, 0.4) is 0 Å². The number of amides is 1. The smallest absolute Gasteiger partial charge is 0.257 e. The van der Waals surface area contributed by atoms with Crippen molar-refractivity contribution in [1.29, 1.82) is 5.26 Å². The first-order valence-electron chi connectivity index (χ1n) is 11.3. The fraction of sp³-hybridized carbons (Fsp3) is 0.440. The number of nitrogens with one attached hydrogen (secondary N) is 1. The number of nitrogens with zero attached hydrogens (tertiary/aromatic N) is 3. The lowest BCUT2D eigenvalue weighted by Crippen LogP contribution is -2.47. The van der Waals surface area contributed by atoms with Crippen molar-refractivity contribution in [2.45, 2.75) is 13.3 Å². The number of hydrogen-bond donors (Lipinski definition) is 1. The first kappa shape index (κ1) is 24.2. The zero-order valence-electron chi connectivity index (χ0n) is 19.4. The lowest BCUT2D eigenvalue weighted by atomic mass is 10.2. The van der Waals surface area contributed by atoms with Crippen LogP contribution in [0.2, 0.25) is 0 Å². The molecule has 0 unspecified atom stereocenters. The van der Waals surface area contributed by atoms with Gasteiger partial charge >= 0.3 is 0 Å². The normalized spacial score (nSPS) is 13.8. The highest BCUT2D eigenvalue weighted by Gasteiger charge is 2.17. The molecule has 1 N–H and O–H groups in total. The zero-order chi connectivity index (χ0) is 23.5. The fourth-order valence-corrected chi connectivity index (χ4v) is 3.71. The van der Waals surface area contributed by atoms with Gasteiger partial charge in [-0.1, -0.05) is 0 Å². The molecule has 0 radical (unpaired) electrons. The summed E-state index contributed by atoms with van der Waals surface area (Å²) >= 11 is 0. The summed E-state index contributed by atoms with van der Waals surface area (Å²) in [6.45, 7) is 7.74. The summed E-state index contributed by atoms with van der Waals surface area (Å²) in [5, 5.41) is 11.9. The van der Waals surface area contributed by atoms with Crippen LogP contribution in [0.5, 0.6) is 17.2 Å². The molecule has 0 saturated carbocycles. The molecule has 2 aromatic rings. The van der Waals surface area contributed by atoms with Crippen LogP contribution in [0, 0.1) is 11.3 Å². The van der Waals surface area contributed by atoms with Gasteiger partial charge < -0.3 is 24.4 Å². The predicted octanol–water partition coefficient (Wildman–Crippen LogP) is 2.67. The fourth-order valence-electron chi connectivity index (χ4n) is 3.71. The quantitative estimate of drug-likeness (QED) is 0.525.